The van der Waals surface area contributed by atoms with Crippen molar-refractivity contribution < 1.29 is 19.8 Å². The monoisotopic (exact) mass is 359 g/mol. The lowest BCUT2D eigenvalue weighted by atomic mass is 10.0. The predicted octanol–water partition coefficient (Wildman–Crippen LogP) is 5.18. The number of unbranched alkanes of at least 4 members (excludes halogenated alkanes) is 12. The average Bonchev–Trinajstić information content (AvgIpc) is 2.51. The Morgan fingerprint density at radius 2 is 1.00 bits per heavy atom. The van der Waals surface area contributed by atoms with E-state index in [4.69, 9.17) is 10.2 Å². The third-order valence-corrected chi connectivity index (χ3v) is 3.95. The SMILES string of the molecule is CCCCCCCCCCCCCCCC(=O)O.CN(C)CC(=O)O. The zero-order valence-corrected chi connectivity index (χ0v) is 16.8. The van der Waals surface area contributed by atoms with Gasteiger partial charge in [-0.1, -0.05) is 84.0 Å². The summed E-state index contributed by atoms with van der Waals surface area (Å²) in [5.41, 5.74) is 0. The van der Waals surface area contributed by atoms with Crippen molar-refractivity contribution >= 4 is 11.9 Å². The van der Waals surface area contributed by atoms with Gasteiger partial charge >= 0.3 is 11.9 Å². The van der Waals surface area contributed by atoms with Gasteiger partial charge in [-0.2, -0.15) is 0 Å². The second-order valence-electron chi connectivity index (χ2n) is 7.02. The Morgan fingerprint density at radius 1 is 0.640 bits per heavy atom. The van der Waals surface area contributed by atoms with Crippen molar-refractivity contribution in [1.82, 2.24) is 4.90 Å². The molecule has 0 fully saturated rings. The van der Waals surface area contributed by atoms with Crippen molar-refractivity contribution in [1.29, 1.82) is 0 Å². The summed E-state index contributed by atoms with van der Waals surface area (Å²) >= 11 is 0. The zero-order chi connectivity index (χ0) is 19.3. The van der Waals surface area contributed by atoms with E-state index in [1.54, 1.807) is 19.0 Å². The molecule has 0 saturated heterocycles. The number of hydrogen-bond acceptors (Lipinski definition) is 3. The maximum Gasteiger partial charge on any atom is 0.317 e. The average molecular weight is 360 g/mol. The quantitative estimate of drug-likeness (QED) is 0.371. The molecule has 0 radical (unpaired) electrons. The van der Waals surface area contributed by atoms with Gasteiger partial charge in [0.2, 0.25) is 0 Å². The Balaban J connectivity index is 0. The highest BCUT2D eigenvalue weighted by molar-refractivity contribution is 5.68. The van der Waals surface area contributed by atoms with Crippen LogP contribution < -0.4 is 0 Å². The highest BCUT2D eigenvalue weighted by atomic mass is 16.4. The summed E-state index contributed by atoms with van der Waals surface area (Å²) in [6.45, 7) is 2.37. The minimum absolute atomic E-state index is 0.111. The molecule has 0 aromatic heterocycles. The van der Waals surface area contributed by atoms with Gasteiger partial charge in [0.25, 0.3) is 0 Å². The molecule has 0 atom stereocenters. The van der Waals surface area contributed by atoms with Crippen LogP contribution in [0.5, 0.6) is 0 Å². The lowest BCUT2D eigenvalue weighted by Gasteiger charge is -2.02. The minimum Gasteiger partial charge on any atom is -0.481 e. The Kier molecular flexibility index (Phi) is 21.9. The molecule has 0 aliphatic carbocycles. The van der Waals surface area contributed by atoms with Gasteiger partial charge in [0.15, 0.2) is 0 Å². The number of rotatable bonds is 16. The van der Waals surface area contributed by atoms with Gasteiger partial charge in [-0.15, -0.1) is 0 Å². The van der Waals surface area contributed by atoms with E-state index in [0.717, 1.165) is 12.8 Å². The van der Waals surface area contributed by atoms with Crippen molar-refractivity contribution in [2.45, 2.75) is 96.8 Å². The van der Waals surface area contributed by atoms with Crippen LogP contribution in [0.15, 0.2) is 0 Å². The fraction of sp³-hybridized carbons (Fsp3) is 0.900. The molecule has 0 heterocycles. The fourth-order valence-electron chi connectivity index (χ4n) is 2.56. The Bertz CT molecular complexity index is 306. The third-order valence-electron chi connectivity index (χ3n) is 3.95. The fourth-order valence-corrected chi connectivity index (χ4v) is 2.56. The van der Waals surface area contributed by atoms with Gasteiger partial charge in [-0.25, -0.2) is 0 Å². The molecule has 0 aliphatic rings. The summed E-state index contributed by atoms with van der Waals surface area (Å²) in [6, 6.07) is 0. The van der Waals surface area contributed by atoms with E-state index in [1.165, 1.54) is 70.6 Å². The molecular formula is C20H41NO4. The van der Waals surface area contributed by atoms with E-state index in [1.807, 2.05) is 0 Å². The summed E-state index contributed by atoms with van der Waals surface area (Å²) in [4.78, 5) is 21.7. The number of carboxylic acids is 2. The number of likely N-dealkylation sites (N-methyl/N-ethyl adjacent to an activating group) is 1. The molecule has 0 saturated carbocycles. The van der Waals surface area contributed by atoms with E-state index >= 15 is 0 Å². The largest absolute Gasteiger partial charge is 0.481 e. The first-order chi connectivity index (χ1) is 11.9. The summed E-state index contributed by atoms with van der Waals surface area (Å²) in [6.07, 6.45) is 17.3. The van der Waals surface area contributed by atoms with E-state index in [-0.39, 0.29) is 6.54 Å². The second-order valence-corrected chi connectivity index (χ2v) is 7.02. The van der Waals surface area contributed by atoms with Crippen LogP contribution in [0, 0.1) is 0 Å². The molecule has 0 spiro atoms. The molecule has 0 aromatic rings. The van der Waals surface area contributed by atoms with Crippen LogP contribution in [-0.4, -0.2) is 47.7 Å². The summed E-state index contributed by atoms with van der Waals surface area (Å²) in [5, 5.41) is 16.5. The number of aliphatic carboxylic acids is 2. The van der Waals surface area contributed by atoms with Crippen LogP contribution in [0.25, 0.3) is 0 Å². The molecule has 0 rings (SSSR count). The molecule has 0 aromatic carbocycles. The zero-order valence-electron chi connectivity index (χ0n) is 16.8. The van der Waals surface area contributed by atoms with Crippen molar-refractivity contribution in [2.24, 2.45) is 0 Å². The standard InChI is InChI=1S/C16H32O2.C4H9NO2/c1-2-3-4-5-6-7-8-9-10-11-12-13-14-15-16(17)18;1-5(2)3-4(6)7/h2-15H2,1H3,(H,17,18);3H2,1-2H3,(H,6,7). The Labute approximate surface area is 154 Å². The van der Waals surface area contributed by atoms with Gasteiger partial charge < -0.3 is 10.2 Å². The van der Waals surface area contributed by atoms with Gasteiger partial charge in [-0.05, 0) is 20.5 Å². The smallest absolute Gasteiger partial charge is 0.317 e. The van der Waals surface area contributed by atoms with Crippen molar-refractivity contribution in [3.05, 3.63) is 0 Å². The van der Waals surface area contributed by atoms with E-state index in [9.17, 15) is 9.59 Å². The maximum absolute atomic E-state index is 10.3. The summed E-state index contributed by atoms with van der Waals surface area (Å²) < 4.78 is 0. The molecule has 2 N–H and O–H groups in total. The molecule has 0 bridgehead atoms. The van der Waals surface area contributed by atoms with Crippen LogP contribution in [0.4, 0.5) is 0 Å². The Morgan fingerprint density at radius 3 is 1.24 bits per heavy atom. The minimum atomic E-state index is -0.787. The second kappa shape index (κ2) is 20.9. The van der Waals surface area contributed by atoms with Crippen molar-refractivity contribution in [3.8, 4) is 0 Å². The van der Waals surface area contributed by atoms with Crippen LogP contribution in [0.1, 0.15) is 96.8 Å². The topological polar surface area (TPSA) is 77.8 Å². The number of nitrogens with zero attached hydrogens (tertiary/aromatic N) is 1. The maximum atomic E-state index is 10.3. The number of carbonyl (C=O) groups is 2. The van der Waals surface area contributed by atoms with Crippen molar-refractivity contribution in [2.75, 3.05) is 20.6 Å². The molecular weight excluding hydrogens is 318 g/mol. The van der Waals surface area contributed by atoms with Gasteiger partial charge in [0.1, 0.15) is 0 Å². The Hall–Kier alpha value is -1.10. The lowest BCUT2D eigenvalue weighted by Crippen LogP contribution is -2.20. The molecule has 150 valence electrons. The van der Waals surface area contributed by atoms with Crippen LogP contribution in [0.3, 0.4) is 0 Å². The molecule has 0 aliphatic heterocycles. The van der Waals surface area contributed by atoms with Gasteiger partial charge in [-0.3, -0.25) is 14.5 Å². The van der Waals surface area contributed by atoms with Gasteiger partial charge in [0, 0.05) is 6.42 Å². The normalized spacial score (nSPS) is 10.4. The van der Waals surface area contributed by atoms with Gasteiger partial charge in [0.05, 0.1) is 6.54 Å². The van der Waals surface area contributed by atoms with E-state index in [2.05, 4.69) is 6.92 Å². The number of hydrogen-bond donors (Lipinski definition) is 2. The molecule has 5 nitrogen and oxygen atoms in total. The first kappa shape index (κ1) is 26.1. The molecule has 25 heavy (non-hydrogen) atoms. The van der Waals surface area contributed by atoms with E-state index in [0.29, 0.717) is 6.42 Å². The third kappa shape index (κ3) is 31.2. The summed E-state index contributed by atoms with van der Waals surface area (Å²) in [5.74, 6) is -1.44. The molecule has 0 unspecified atom stereocenters. The first-order valence-electron chi connectivity index (χ1n) is 9.98. The summed E-state index contributed by atoms with van der Waals surface area (Å²) in [7, 11) is 3.43. The van der Waals surface area contributed by atoms with Crippen LogP contribution in [-0.2, 0) is 9.59 Å². The van der Waals surface area contributed by atoms with Crippen molar-refractivity contribution in [3.63, 3.8) is 0 Å². The highest BCUT2D eigenvalue weighted by Gasteiger charge is 1.97. The number of carboxylic acid groups (broad SMARTS) is 2. The highest BCUT2D eigenvalue weighted by Crippen LogP contribution is 2.12. The first-order valence-corrected chi connectivity index (χ1v) is 9.98. The molecule has 0 amide bonds. The molecule has 5 heteroatoms. The predicted molar refractivity (Wildman–Crippen MR) is 104 cm³/mol. The lowest BCUT2D eigenvalue weighted by molar-refractivity contribution is -0.138. The van der Waals surface area contributed by atoms with Crippen LogP contribution in [0.2, 0.25) is 0 Å². The van der Waals surface area contributed by atoms with Crippen LogP contribution >= 0.6 is 0 Å². The van der Waals surface area contributed by atoms with E-state index < -0.39 is 11.9 Å².